The number of hydrogen-bond acceptors (Lipinski definition) is 2. The van der Waals surface area contributed by atoms with Gasteiger partial charge in [-0.25, -0.2) is 0 Å². The summed E-state index contributed by atoms with van der Waals surface area (Å²) >= 11 is 0. The molecular weight excluding hydrogens is 351 g/mol. The Labute approximate surface area is 164 Å². The fourth-order valence-corrected chi connectivity index (χ4v) is 4.66. The average Bonchev–Trinajstić information content (AvgIpc) is 2.59. The van der Waals surface area contributed by atoms with Crippen LogP contribution in [0, 0.1) is 41.5 Å². The van der Waals surface area contributed by atoms with Gasteiger partial charge in [0, 0.05) is 0 Å². The van der Waals surface area contributed by atoms with E-state index >= 15 is 0 Å². The third-order valence-corrected chi connectivity index (χ3v) is 6.19. The summed E-state index contributed by atoms with van der Waals surface area (Å²) in [5.41, 5.74) is 7.13. The van der Waals surface area contributed by atoms with Crippen molar-refractivity contribution in [2.45, 2.75) is 41.5 Å². The second-order valence-corrected chi connectivity index (χ2v) is 8.63. The van der Waals surface area contributed by atoms with Crippen LogP contribution < -0.4 is 14.4 Å². The van der Waals surface area contributed by atoms with E-state index in [0.29, 0.717) is 0 Å². The van der Waals surface area contributed by atoms with Crippen LogP contribution >= 0.6 is 8.38 Å². The van der Waals surface area contributed by atoms with E-state index in [0.717, 1.165) is 27.9 Å². The largest absolute Gasteiger partial charge is 0.435 e. The van der Waals surface area contributed by atoms with Crippen molar-refractivity contribution in [1.82, 2.24) is 0 Å². The lowest BCUT2D eigenvalue weighted by Gasteiger charge is -2.22. The van der Waals surface area contributed by atoms with E-state index in [1.54, 1.807) is 0 Å². The summed E-state index contributed by atoms with van der Waals surface area (Å²) in [5, 5.41) is 1.11. The molecule has 0 spiro atoms. The zero-order chi connectivity index (χ0) is 19.6. The molecule has 0 saturated carbocycles. The summed E-state index contributed by atoms with van der Waals surface area (Å²) in [5.74, 6) is 1.74. The molecule has 3 aromatic rings. The van der Waals surface area contributed by atoms with Crippen LogP contribution in [0.1, 0.15) is 33.4 Å². The molecule has 3 rings (SSSR count). The summed E-state index contributed by atoms with van der Waals surface area (Å²) in [6, 6.07) is 18.9. The first kappa shape index (κ1) is 19.5. The zero-order valence-electron chi connectivity index (χ0n) is 17.0. The fourth-order valence-electron chi connectivity index (χ4n) is 3.11. The smallest absolute Gasteiger partial charge is 0.326 e. The molecule has 0 saturated heterocycles. The minimum Gasteiger partial charge on any atom is -0.435 e. The second kappa shape index (κ2) is 8.15. The Morgan fingerprint density at radius 3 is 1.33 bits per heavy atom. The third-order valence-electron chi connectivity index (χ3n) is 4.57. The molecule has 0 N–H and O–H groups in total. The highest BCUT2D eigenvalue weighted by Crippen LogP contribution is 2.42. The molecule has 3 aromatic carbocycles. The Morgan fingerprint density at radius 1 is 0.519 bits per heavy atom. The summed E-state index contributed by atoms with van der Waals surface area (Å²) < 4.78 is 12.9. The maximum Gasteiger partial charge on any atom is 0.326 e. The van der Waals surface area contributed by atoms with Crippen LogP contribution in [0.25, 0.3) is 0 Å². The Kier molecular flexibility index (Phi) is 5.87. The Hall–Kier alpha value is -2.31. The molecule has 0 atom stereocenters. The van der Waals surface area contributed by atoms with Crippen molar-refractivity contribution in [3.05, 3.63) is 88.0 Å². The minimum atomic E-state index is -1.29. The van der Waals surface area contributed by atoms with Gasteiger partial charge in [-0.1, -0.05) is 53.1 Å². The number of rotatable bonds is 5. The van der Waals surface area contributed by atoms with E-state index in [-0.39, 0.29) is 0 Å². The molecule has 27 heavy (non-hydrogen) atoms. The van der Waals surface area contributed by atoms with Crippen LogP contribution in [0.5, 0.6) is 11.5 Å². The van der Waals surface area contributed by atoms with Gasteiger partial charge in [-0.15, -0.1) is 0 Å². The Bertz CT molecular complexity index is 909. The van der Waals surface area contributed by atoms with Crippen LogP contribution in [0.15, 0.2) is 54.6 Å². The van der Waals surface area contributed by atoms with Crippen molar-refractivity contribution in [1.29, 1.82) is 0 Å². The van der Waals surface area contributed by atoms with Gasteiger partial charge in [0.2, 0.25) is 0 Å². The van der Waals surface area contributed by atoms with Crippen LogP contribution in [-0.2, 0) is 0 Å². The molecule has 0 aliphatic heterocycles. The van der Waals surface area contributed by atoms with Crippen LogP contribution in [0.2, 0.25) is 0 Å². The molecule has 0 amide bonds. The van der Waals surface area contributed by atoms with Crippen molar-refractivity contribution in [2.75, 3.05) is 0 Å². The monoisotopic (exact) mass is 378 g/mol. The molecule has 0 fully saturated rings. The van der Waals surface area contributed by atoms with Crippen molar-refractivity contribution in [3.63, 3.8) is 0 Å². The lowest BCUT2D eigenvalue weighted by atomic mass is 10.1. The van der Waals surface area contributed by atoms with E-state index in [1.807, 2.05) is 12.1 Å². The first-order chi connectivity index (χ1) is 12.8. The van der Waals surface area contributed by atoms with E-state index < -0.39 is 8.38 Å². The number of benzene rings is 3. The van der Waals surface area contributed by atoms with Crippen molar-refractivity contribution < 1.29 is 9.05 Å². The molecule has 0 radical (unpaired) electrons. The Morgan fingerprint density at radius 2 is 0.926 bits per heavy atom. The predicted molar refractivity (Wildman–Crippen MR) is 116 cm³/mol. The maximum absolute atomic E-state index is 6.44. The first-order valence-electron chi connectivity index (χ1n) is 9.21. The van der Waals surface area contributed by atoms with E-state index in [1.165, 1.54) is 22.3 Å². The van der Waals surface area contributed by atoms with Gasteiger partial charge in [0.05, 0.1) is 5.30 Å². The molecule has 0 aromatic heterocycles. The van der Waals surface area contributed by atoms with Crippen molar-refractivity contribution >= 4 is 13.7 Å². The SMILES string of the molecule is Cc1ccc(OP(Oc2ccc(C)cc2C)c2ccc(C)cc2C)c(C)c1. The highest BCUT2D eigenvalue weighted by molar-refractivity contribution is 7.56. The third kappa shape index (κ3) is 4.70. The van der Waals surface area contributed by atoms with Gasteiger partial charge in [0.15, 0.2) is 0 Å². The molecule has 0 aliphatic carbocycles. The van der Waals surface area contributed by atoms with Gasteiger partial charge in [-0.2, -0.15) is 0 Å². The molecule has 0 heterocycles. The highest BCUT2D eigenvalue weighted by Gasteiger charge is 2.22. The summed E-state index contributed by atoms with van der Waals surface area (Å²) in [6.07, 6.45) is 0. The first-order valence-corrected chi connectivity index (χ1v) is 10.4. The minimum absolute atomic E-state index is 0.872. The normalized spacial score (nSPS) is 10.9. The average molecular weight is 378 g/mol. The maximum atomic E-state index is 6.44. The van der Waals surface area contributed by atoms with Crippen LogP contribution in [0.4, 0.5) is 0 Å². The van der Waals surface area contributed by atoms with Gasteiger partial charge >= 0.3 is 8.38 Å². The lowest BCUT2D eigenvalue weighted by Crippen LogP contribution is -2.14. The van der Waals surface area contributed by atoms with Crippen LogP contribution in [-0.4, -0.2) is 0 Å². The molecule has 0 unspecified atom stereocenters. The number of aryl methyl sites for hydroxylation is 6. The van der Waals surface area contributed by atoms with E-state index in [2.05, 4.69) is 84.0 Å². The molecule has 2 nitrogen and oxygen atoms in total. The van der Waals surface area contributed by atoms with Gasteiger partial charge in [-0.3, -0.25) is 0 Å². The quantitative estimate of drug-likeness (QED) is 0.464. The Balaban J connectivity index is 2.00. The van der Waals surface area contributed by atoms with Crippen LogP contribution in [0.3, 0.4) is 0 Å². The van der Waals surface area contributed by atoms with Gasteiger partial charge in [0.1, 0.15) is 11.5 Å². The standard InChI is InChI=1S/C24H27O2P/c1-16-7-10-22(19(4)13-16)25-27(24-12-9-18(3)15-21(24)6)26-23-11-8-17(2)14-20(23)5/h7-15H,1-6H3. The summed E-state index contributed by atoms with van der Waals surface area (Å²) in [7, 11) is -1.29. The molecule has 3 heteroatoms. The highest BCUT2D eigenvalue weighted by atomic mass is 31.2. The summed E-state index contributed by atoms with van der Waals surface area (Å²) in [4.78, 5) is 0. The molecule has 140 valence electrons. The van der Waals surface area contributed by atoms with Crippen molar-refractivity contribution in [2.24, 2.45) is 0 Å². The van der Waals surface area contributed by atoms with Gasteiger partial charge in [0.25, 0.3) is 0 Å². The number of hydrogen-bond donors (Lipinski definition) is 0. The van der Waals surface area contributed by atoms with Crippen molar-refractivity contribution in [3.8, 4) is 11.5 Å². The zero-order valence-corrected chi connectivity index (χ0v) is 17.9. The van der Waals surface area contributed by atoms with Gasteiger partial charge in [-0.05, 0) is 76.4 Å². The van der Waals surface area contributed by atoms with Gasteiger partial charge < -0.3 is 9.05 Å². The second-order valence-electron chi connectivity index (χ2n) is 7.27. The molecule has 0 bridgehead atoms. The fraction of sp³-hybridized carbons (Fsp3) is 0.250. The summed E-state index contributed by atoms with van der Waals surface area (Å²) in [6.45, 7) is 12.6. The molecule has 0 aliphatic rings. The topological polar surface area (TPSA) is 18.5 Å². The van der Waals surface area contributed by atoms with E-state index in [9.17, 15) is 0 Å². The predicted octanol–water partition coefficient (Wildman–Crippen LogP) is 6.63. The van der Waals surface area contributed by atoms with E-state index in [4.69, 9.17) is 9.05 Å². The molecular formula is C24H27O2P. The lowest BCUT2D eigenvalue weighted by molar-refractivity contribution is 0.497.